The summed E-state index contributed by atoms with van der Waals surface area (Å²) in [5.41, 5.74) is 5.98. The number of hydrogen-bond donors (Lipinski definition) is 2. The topological polar surface area (TPSA) is 98.8 Å². The fourth-order valence-electron chi connectivity index (χ4n) is 5.80. The molecule has 0 bridgehead atoms. The van der Waals surface area contributed by atoms with Gasteiger partial charge in [0.2, 0.25) is 5.91 Å². The smallest absolute Gasteiger partial charge is 0.313 e. The van der Waals surface area contributed by atoms with E-state index in [2.05, 4.69) is 10.6 Å². The molecule has 2 N–H and O–H groups in total. The highest BCUT2D eigenvalue weighted by atomic mass is 35.5. The molecule has 8 nitrogen and oxygen atoms in total. The Hall–Kier alpha value is -4.17. The molecule has 43 heavy (non-hydrogen) atoms. The number of carbonyl (C=O) groups is 4. The number of amides is 4. The number of anilines is 2. The maximum Gasteiger partial charge on any atom is 0.313 e. The molecule has 0 radical (unpaired) electrons. The molecule has 1 aliphatic carbocycles. The summed E-state index contributed by atoms with van der Waals surface area (Å²) in [5.74, 6) is -1.63. The molecular formula is C34H39ClN4O4. The first-order valence-electron chi connectivity index (χ1n) is 14.5. The maximum absolute atomic E-state index is 12.9. The van der Waals surface area contributed by atoms with Gasteiger partial charge in [0.05, 0.1) is 0 Å². The first-order valence-corrected chi connectivity index (χ1v) is 14.9. The van der Waals surface area contributed by atoms with E-state index in [1.807, 2.05) is 57.0 Å². The van der Waals surface area contributed by atoms with Gasteiger partial charge < -0.3 is 20.4 Å². The number of nitrogens with zero attached hydrogens (tertiary/aromatic N) is 2. The average Bonchev–Trinajstić information content (AvgIpc) is 2.98. The second kappa shape index (κ2) is 13.9. The highest BCUT2D eigenvalue weighted by molar-refractivity contribution is 6.39. The predicted octanol–water partition coefficient (Wildman–Crippen LogP) is 6.10. The Morgan fingerprint density at radius 1 is 0.814 bits per heavy atom. The molecule has 0 atom stereocenters. The lowest BCUT2D eigenvalue weighted by Crippen LogP contribution is -2.41. The van der Waals surface area contributed by atoms with Crippen molar-refractivity contribution in [1.82, 2.24) is 9.80 Å². The third-order valence-electron chi connectivity index (χ3n) is 8.16. The van der Waals surface area contributed by atoms with E-state index < -0.39 is 11.8 Å². The van der Waals surface area contributed by atoms with Gasteiger partial charge in [-0.1, -0.05) is 41.4 Å². The molecule has 3 aromatic rings. The Morgan fingerprint density at radius 2 is 1.40 bits per heavy atom. The van der Waals surface area contributed by atoms with E-state index in [1.54, 1.807) is 36.4 Å². The zero-order valence-corrected chi connectivity index (χ0v) is 26.1. The fraction of sp³-hybridized carbons (Fsp3) is 0.353. The zero-order valence-electron chi connectivity index (χ0n) is 25.4. The second-order valence-electron chi connectivity index (χ2n) is 11.5. The maximum atomic E-state index is 12.9. The quantitative estimate of drug-likeness (QED) is 0.319. The number of likely N-dealkylation sites (N-methyl/N-ethyl adjacent to an activating group) is 1. The van der Waals surface area contributed by atoms with Crippen LogP contribution in [0.1, 0.15) is 64.2 Å². The Kier molecular flexibility index (Phi) is 10.2. The lowest BCUT2D eigenvalue weighted by Gasteiger charge is -2.35. The lowest BCUT2D eigenvalue weighted by atomic mass is 9.81. The van der Waals surface area contributed by atoms with Gasteiger partial charge in [-0.2, -0.15) is 0 Å². The molecule has 0 spiro atoms. The third kappa shape index (κ3) is 8.02. The molecule has 1 saturated carbocycles. The molecule has 4 amide bonds. The molecule has 1 aliphatic rings. The Morgan fingerprint density at radius 3 is 1.98 bits per heavy atom. The van der Waals surface area contributed by atoms with E-state index in [0.29, 0.717) is 27.9 Å². The van der Waals surface area contributed by atoms with E-state index in [4.69, 9.17) is 11.6 Å². The van der Waals surface area contributed by atoms with Crippen molar-refractivity contribution < 1.29 is 19.2 Å². The molecule has 0 heterocycles. The normalized spacial score (nSPS) is 16.2. The number of rotatable bonds is 7. The molecular weight excluding hydrogens is 564 g/mol. The molecule has 0 aliphatic heterocycles. The van der Waals surface area contributed by atoms with E-state index in [0.717, 1.165) is 52.8 Å². The van der Waals surface area contributed by atoms with Crippen LogP contribution in [0.4, 0.5) is 11.4 Å². The Bertz CT molecular complexity index is 1470. The van der Waals surface area contributed by atoms with Crippen molar-refractivity contribution in [1.29, 1.82) is 0 Å². The molecule has 3 aromatic carbocycles. The van der Waals surface area contributed by atoms with E-state index in [9.17, 15) is 19.2 Å². The third-order valence-corrected chi connectivity index (χ3v) is 8.41. The molecule has 226 valence electrons. The minimum absolute atomic E-state index is 0.00232. The highest BCUT2D eigenvalue weighted by Crippen LogP contribution is 2.35. The number of aryl methyl sites for hydroxylation is 3. The van der Waals surface area contributed by atoms with Crippen LogP contribution in [0.25, 0.3) is 0 Å². The Balaban J connectivity index is 1.25. The monoisotopic (exact) mass is 602 g/mol. The van der Waals surface area contributed by atoms with E-state index in [-0.39, 0.29) is 24.4 Å². The largest absolute Gasteiger partial charge is 0.339 e. The van der Waals surface area contributed by atoms with Crippen molar-refractivity contribution in [3.05, 3.63) is 93.5 Å². The first kappa shape index (κ1) is 31.8. The highest BCUT2D eigenvalue weighted by Gasteiger charge is 2.28. The average molecular weight is 603 g/mol. The van der Waals surface area contributed by atoms with Crippen LogP contribution >= 0.6 is 11.6 Å². The van der Waals surface area contributed by atoms with Crippen LogP contribution in [0, 0.1) is 20.8 Å². The molecule has 1 fully saturated rings. The summed E-state index contributed by atoms with van der Waals surface area (Å²) < 4.78 is 0. The van der Waals surface area contributed by atoms with Gasteiger partial charge in [-0.15, -0.1) is 0 Å². The predicted molar refractivity (Wildman–Crippen MR) is 171 cm³/mol. The SMILES string of the molecule is Cc1cc(C)c(NC(=O)CN(C)C(=O)C(=O)Nc2ccc(C3CCC(N(C)C(=O)c4ccc(Cl)cc4)CC3)cc2)c(C)c1. The number of carbonyl (C=O) groups excluding carboxylic acids is 4. The van der Waals surface area contributed by atoms with E-state index >= 15 is 0 Å². The number of benzene rings is 3. The summed E-state index contributed by atoms with van der Waals surface area (Å²) in [6.07, 6.45) is 3.69. The van der Waals surface area contributed by atoms with Gasteiger partial charge >= 0.3 is 11.8 Å². The van der Waals surface area contributed by atoms with Crippen LogP contribution < -0.4 is 10.6 Å². The van der Waals surface area contributed by atoms with Gasteiger partial charge in [-0.05, 0) is 105 Å². The molecule has 0 aromatic heterocycles. The van der Waals surface area contributed by atoms with Gasteiger partial charge in [-0.3, -0.25) is 19.2 Å². The minimum atomic E-state index is -0.806. The standard InChI is InChI=1S/C34H39ClN4O4/c1-21-18-22(2)31(23(3)19-21)37-30(40)20-38(4)34(43)32(41)36-28-14-8-24(9-15-28)25-10-16-29(17-11-25)39(5)33(42)26-6-12-27(35)13-7-26/h6-9,12-15,18-19,25,29H,10-11,16-17,20H2,1-5H3,(H,36,41)(H,37,40). The lowest BCUT2D eigenvalue weighted by molar-refractivity contribution is -0.143. The summed E-state index contributed by atoms with van der Waals surface area (Å²) in [6.45, 7) is 5.57. The van der Waals surface area contributed by atoms with E-state index in [1.165, 1.54) is 7.05 Å². The van der Waals surface area contributed by atoms with Crippen LogP contribution in [0.5, 0.6) is 0 Å². The molecule has 0 unspecified atom stereocenters. The summed E-state index contributed by atoms with van der Waals surface area (Å²) in [4.78, 5) is 53.7. The summed E-state index contributed by atoms with van der Waals surface area (Å²) in [5, 5.41) is 6.10. The van der Waals surface area contributed by atoms with Crippen LogP contribution in [-0.2, 0) is 14.4 Å². The van der Waals surface area contributed by atoms with Crippen LogP contribution in [0.15, 0.2) is 60.7 Å². The van der Waals surface area contributed by atoms with Gasteiger partial charge in [0.15, 0.2) is 0 Å². The van der Waals surface area contributed by atoms with Crippen molar-refractivity contribution in [2.75, 3.05) is 31.3 Å². The molecule has 9 heteroatoms. The Labute approximate surface area is 258 Å². The van der Waals surface area contributed by atoms with Crippen LogP contribution in [0.2, 0.25) is 5.02 Å². The van der Waals surface area contributed by atoms with Gasteiger partial charge in [-0.25, -0.2) is 0 Å². The van der Waals surface area contributed by atoms with Crippen molar-refractivity contribution in [3.8, 4) is 0 Å². The summed E-state index contributed by atoms with van der Waals surface area (Å²) in [7, 11) is 3.28. The van der Waals surface area contributed by atoms with Gasteiger partial charge in [0.1, 0.15) is 6.54 Å². The second-order valence-corrected chi connectivity index (χ2v) is 11.9. The van der Waals surface area contributed by atoms with Gasteiger partial charge in [0, 0.05) is 42.1 Å². The molecule has 0 saturated heterocycles. The fourth-order valence-corrected chi connectivity index (χ4v) is 5.92. The number of hydrogen-bond acceptors (Lipinski definition) is 4. The first-order chi connectivity index (χ1) is 20.4. The molecule has 4 rings (SSSR count). The van der Waals surface area contributed by atoms with Crippen LogP contribution in [-0.4, -0.2) is 60.1 Å². The number of halogens is 1. The van der Waals surface area contributed by atoms with Crippen molar-refractivity contribution in [3.63, 3.8) is 0 Å². The van der Waals surface area contributed by atoms with Crippen molar-refractivity contribution in [2.45, 2.75) is 58.4 Å². The summed E-state index contributed by atoms with van der Waals surface area (Å²) >= 11 is 5.95. The van der Waals surface area contributed by atoms with Crippen molar-refractivity contribution in [2.24, 2.45) is 0 Å². The van der Waals surface area contributed by atoms with Gasteiger partial charge in [0.25, 0.3) is 5.91 Å². The zero-order chi connectivity index (χ0) is 31.3. The summed E-state index contributed by atoms with van der Waals surface area (Å²) in [6, 6.07) is 18.6. The minimum Gasteiger partial charge on any atom is -0.339 e. The number of nitrogens with one attached hydrogen (secondary N) is 2. The van der Waals surface area contributed by atoms with Crippen molar-refractivity contribution >= 4 is 46.6 Å². The van der Waals surface area contributed by atoms with Crippen LogP contribution in [0.3, 0.4) is 0 Å².